The van der Waals surface area contributed by atoms with Gasteiger partial charge in [-0.05, 0) is 50.2 Å². The first-order chi connectivity index (χ1) is 12.4. The maximum Gasteiger partial charge on any atom is 0.341 e. The topological polar surface area (TPSA) is 94.6 Å². The van der Waals surface area contributed by atoms with Gasteiger partial charge in [-0.3, -0.25) is 4.79 Å². The van der Waals surface area contributed by atoms with Crippen LogP contribution < -0.4 is 5.32 Å². The van der Waals surface area contributed by atoms with Gasteiger partial charge in [0.25, 0.3) is 5.91 Å². The van der Waals surface area contributed by atoms with Gasteiger partial charge in [-0.15, -0.1) is 0 Å². The van der Waals surface area contributed by atoms with Gasteiger partial charge in [0.2, 0.25) is 0 Å². The lowest BCUT2D eigenvalue weighted by molar-refractivity contribution is -0.119. The number of halogens is 1. The number of esters is 2. The van der Waals surface area contributed by atoms with E-state index in [1.54, 1.807) is 26.0 Å². The number of carbonyl (C=O) groups excluding carboxylic acids is 3. The molecule has 0 fully saturated rings. The fraction of sp³-hybridized carbons (Fsp3) is 0.222. The van der Waals surface area contributed by atoms with Crippen molar-refractivity contribution in [1.82, 2.24) is 4.98 Å². The average molecular weight is 377 g/mol. The summed E-state index contributed by atoms with van der Waals surface area (Å²) in [5, 5.41) is 2.56. The fourth-order valence-electron chi connectivity index (χ4n) is 1.92. The Morgan fingerprint density at radius 3 is 2.42 bits per heavy atom. The van der Waals surface area contributed by atoms with Crippen LogP contribution in [0.4, 0.5) is 5.69 Å². The molecule has 0 spiro atoms. The van der Waals surface area contributed by atoms with Crippen LogP contribution >= 0.6 is 11.6 Å². The van der Waals surface area contributed by atoms with E-state index in [0.29, 0.717) is 11.3 Å². The van der Waals surface area contributed by atoms with Crippen LogP contribution in [0.25, 0.3) is 0 Å². The zero-order valence-electron chi connectivity index (χ0n) is 14.2. The molecule has 26 heavy (non-hydrogen) atoms. The molecule has 1 aromatic heterocycles. The van der Waals surface area contributed by atoms with Crippen molar-refractivity contribution in [1.29, 1.82) is 0 Å². The molecule has 0 unspecified atom stereocenters. The lowest BCUT2D eigenvalue weighted by Gasteiger charge is -2.09. The number of pyridine rings is 1. The standard InChI is InChI=1S/C18H17ClN2O5/c1-11(2)26-17(23)12-5-7-13(8-6-12)21-15(22)10-25-18(24)14-4-3-9-20-16(14)19/h3-9,11H,10H2,1-2H3,(H,21,22). The van der Waals surface area contributed by atoms with Gasteiger partial charge >= 0.3 is 11.9 Å². The number of rotatable bonds is 6. The van der Waals surface area contributed by atoms with E-state index >= 15 is 0 Å². The van der Waals surface area contributed by atoms with Crippen LogP contribution in [0, 0.1) is 0 Å². The zero-order chi connectivity index (χ0) is 19.1. The van der Waals surface area contributed by atoms with E-state index in [2.05, 4.69) is 10.3 Å². The smallest absolute Gasteiger partial charge is 0.341 e. The summed E-state index contributed by atoms with van der Waals surface area (Å²) in [5.41, 5.74) is 0.899. The van der Waals surface area contributed by atoms with Gasteiger partial charge in [-0.1, -0.05) is 11.6 Å². The second-order valence-corrected chi connectivity index (χ2v) is 5.86. The van der Waals surface area contributed by atoms with Crippen LogP contribution in [0.3, 0.4) is 0 Å². The minimum absolute atomic E-state index is 0.00165. The van der Waals surface area contributed by atoms with Crippen molar-refractivity contribution in [3.05, 3.63) is 58.9 Å². The number of anilines is 1. The molecule has 8 heteroatoms. The summed E-state index contributed by atoms with van der Waals surface area (Å²) in [6, 6.07) is 9.14. The van der Waals surface area contributed by atoms with Crippen LogP contribution in [-0.4, -0.2) is 35.5 Å². The molecule has 0 saturated carbocycles. The van der Waals surface area contributed by atoms with Crippen molar-refractivity contribution >= 4 is 35.1 Å². The Morgan fingerprint density at radius 2 is 1.81 bits per heavy atom. The Balaban J connectivity index is 1.87. The minimum Gasteiger partial charge on any atom is -0.459 e. The average Bonchev–Trinajstić information content (AvgIpc) is 2.60. The summed E-state index contributed by atoms with van der Waals surface area (Å²) in [6.07, 6.45) is 1.22. The van der Waals surface area contributed by atoms with Crippen molar-refractivity contribution < 1.29 is 23.9 Å². The highest BCUT2D eigenvalue weighted by Gasteiger charge is 2.14. The number of ether oxygens (including phenoxy) is 2. The summed E-state index contributed by atoms with van der Waals surface area (Å²) in [7, 11) is 0. The van der Waals surface area contributed by atoms with Gasteiger partial charge in [0.1, 0.15) is 5.15 Å². The molecule has 0 atom stereocenters. The van der Waals surface area contributed by atoms with Gasteiger partial charge in [-0.25, -0.2) is 14.6 Å². The monoisotopic (exact) mass is 376 g/mol. The van der Waals surface area contributed by atoms with Crippen LogP contribution in [-0.2, 0) is 14.3 Å². The lowest BCUT2D eigenvalue weighted by Crippen LogP contribution is -2.21. The van der Waals surface area contributed by atoms with Crippen molar-refractivity contribution in [2.24, 2.45) is 0 Å². The van der Waals surface area contributed by atoms with Gasteiger partial charge in [0.15, 0.2) is 6.61 Å². The van der Waals surface area contributed by atoms with E-state index < -0.39 is 24.5 Å². The lowest BCUT2D eigenvalue weighted by atomic mass is 10.2. The summed E-state index contributed by atoms with van der Waals surface area (Å²) < 4.78 is 9.97. The van der Waals surface area contributed by atoms with E-state index in [4.69, 9.17) is 21.1 Å². The molecule has 0 aliphatic carbocycles. The number of amides is 1. The molecule has 1 N–H and O–H groups in total. The summed E-state index contributed by atoms with van der Waals surface area (Å²) >= 11 is 5.79. The number of aromatic nitrogens is 1. The maximum absolute atomic E-state index is 11.9. The molecular weight excluding hydrogens is 360 g/mol. The van der Waals surface area contributed by atoms with E-state index in [0.717, 1.165) is 0 Å². The predicted molar refractivity (Wildman–Crippen MR) is 95.2 cm³/mol. The highest BCUT2D eigenvalue weighted by molar-refractivity contribution is 6.32. The first-order valence-corrected chi connectivity index (χ1v) is 8.13. The highest BCUT2D eigenvalue weighted by atomic mass is 35.5. The Kier molecular flexibility index (Phi) is 6.68. The third kappa shape index (κ3) is 5.56. The van der Waals surface area contributed by atoms with Gasteiger partial charge in [-0.2, -0.15) is 0 Å². The van der Waals surface area contributed by atoms with E-state index in [-0.39, 0.29) is 16.8 Å². The normalized spacial score (nSPS) is 10.3. The number of nitrogens with one attached hydrogen (secondary N) is 1. The number of carbonyl (C=O) groups is 3. The van der Waals surface area contributed by atoms with Crippen LogP contribution in [0.15, 0.2) is 42.6 Å². The molecule has 1 heterocycles. The Labute approximate surface area is 155 Å². The number of benzene rings is 1. The van der Waals surface area contributed by atoms with Gasteiger partial charge in [0.05, 0.1) is 17.2 Å². The molecule has 0 radical (unpaired) electrons. The second-order valence-electron chi connectivity index (χ2n) is 5.50. The summed E-state index contributed by atoms with van der Waals surface area (Å²) in [4.78, 5) is 39.2. The highest BCUT2D eigenvalue weighted by Crippen LogP contribution is 2.13. The summed E-state index contributed by atoms with van der Waals surface area (Å²) in [5.74, 6) is -1.72. The Hall–Kier alpha value is -2.93. The molecule has 0 aliphatic heterocycles. The first kappa shape index (κ1) is 19.4. The van der Waals surface area contributed by atoms with Gasteiger partial charge < -0.3 is 14.8 Å². The number of hydrogen-bond acceptors (Lipinski definition) is 6. The predicted octanol–water partition coefficient (Wildman–Crippen LogP) is 3.10. The largest absolute Gasteiger partial charge is 0.459 e. The van der Waals surface area contributed by atoms with Crippen LogP contribution in [0.2, 0.25) is 5.15 Å². The van der Waals surface area contributed by atoms with Crippen molar-refractivity contribution in [2.45, 2.75) is 20.0 Å². The molecule has 1 amide bonds. The Bertz CT molecular complexity index is 805. The molecule has 2 aromatic rings. The zero-order valence-corrected chi connectivity index (χ0v) is 14.9. The molecule has 0 aliphatic rings. The van der Waals surface area contributed by atoms with Crippen molar-refractivity contribution in [2.75, 3.05) is 11.9 Å². The third-order valence-corrected chi connectivity index (χ3v) is 3.36. The Morgan fingerprint density at radius 1 is 1.12 bits per heavy atom. The fourth-order valence-corrected chi connectivity index (χ4v) is 2.11. The summed E-state index contributed by atoms with van der Waals surface area (Å²) in [6.45, 7) is 3.03. The van der Waals surface area contributed by atoms with E-state index in [1.807, 2.05) is 0 Å². The molecule has 0 saturated heterocycles. The van der Waals surface area contributed by atoms with Crippen molar-refractivity contribution in [3.63, 3.8) is 0 Å². The molecule has 2 rings (SSSR count). The number of nitrogens with zero attached hydrogens (tertiary/aromatic N) is 1. The van der Waals surface area contributed by atoms with Crippen LogP contribution in [0.5, 0.6) is 0 Å². The van der Waals surface area contributed by atoms with E-state index in [1.165, 1.54) is 30.5 Å². The van der Waals surface area contributed by atoms with Crippen LogP contribution in [0.1, 0.15) is 34.6 Å². The molecular formula is C18H17ClN2O5. The van der Waals surface area contributed by atoms with E-state index in [9.17, 15) is 14.4 Å². The molecule has 7 nitrogen and oxygen atoms in total. The van der Waals surface area contributed by atoms with Gasteiger partial charge in [0, 0.05) is 11.9 Å². The minimum atomic E-state index is -0.745. The maximum atomic E-state index is 11.9. The third-order valence-electron chi connectivity index (χ3n) is 3.06. The van der Waals surface area contributed by atoms with Crippen molar-refractivity contribution in [3.8, 4) is 0 Å². The molecule has 136 valence electrons. The number of hydrogen-bond donors (Lipinski definition) is 1. The second kappa shape index (κ2) is 8.96. The SMILES string of the molecule is CC(C)OC(=O)c1ccc(NC(=O)COC(=O)c2cccnc2Cl)cc1. The quantitative estimate of drug-likeness (QED) is 0.615. The molecule has 0 bridgehead atoms. The first-order valence-electron chi connectivity index (χ1n) is 7.75. The molecule has 1 aromatic carbocycles.